The minimum absolute atomic E-state index is 0.102. The highest BCUT2D eigenvalue weighted by molar-refractivity contribution is 6.07. The fourth-order valence-electron chi connectivity index (χ4n) is 2.58. The Morgan fingerprint density at radius 1 is 1.29 bits per heavy atom. The highest BCUT2D eigenvalue weighted by atomic mass is 16.4. The zero-order chi connectivity index (χ0) is 12.5. The maximum atomic E-state index is 12.1. The second kappa shape index (κ2) is 4.35. The van der Waals surface area contributed by atoms with Gasteiger partial charge in [0, 0.05) is 18.9 Å². The maximum Gasteiger partial charge on any atom is 0.325 e. The normalized spacial score (nSPS) is 22.9. The van der Waals surface area contributed by atoms with Crippen LogP contribution in [0.3, 0.4) is 0 Å². The average molecular weight is 239 g/mol. The molecule has 1 aliphatic heterocycles. The molecule has 1 saturated heterocycles. The number of imide groups is 1. The number of nitrogens with one attached hydrogen (secondary N) is 1. The Morgan fingerprint density at radius 2 is 1.94 bits per heavy atom. The van der Waals surface area contributed by atoms with Crippen molar-refractivity contribution in [1.82, 2.24) is 10.2 Å². The highest BCUT2D eigenvalue weighted by Crippen LogP contribution is 2.33. The van der Waals surface area contributed by atoms with Gasteiger partial charge < -0.3 is 15.2 Å². The predicted octanol–water partition coefficient (Wildman–Crippen LogP) is -0.619. The topological polar surface area (TPSA) is 89.5 Å². The van der Waals surface area contributed by atoms with E-state index in [1.54, 1.807) is 0 Å². The molecule has 3 amide bonds. The first-order valence-electron chi connectivity index (χ1n) is 5.89. The number of nitrogens with zero attached hydrogens (tertiary/aromatic N) is 1. The average Bonchev–Trinajstić information content (AvgIpc) is 2.50. The van der Waals surface area contributed by atoms with E-state index < -0.39 is 17.5 Å². The van der Waals surface area contributed by atoms with E-state index in [1.807, 2.05) is 0 Å². The molecule has 1 saturated carbocycles. The van der Waals surface area contributed by atoms with Crippen LogP contribution in [0.1, 0.15) is 38.5 Å². The van der Waals surface area contributed by atoms with Crippen LogP contribution in [0.4, 0.5) is 4.79 Å². The Kier molecular flexibility index (Phi) is 3.04. The van der Waals surface area contributed by atoms with E-state index in [1.165, 1.54) is 0 Å². The second-order valence-electron chi connectivity index (χ2n) is 4.65. The van der Waals surface area contributed by atoms with Crippen molar-refractivity contribution in [3.05, 3.63) is 0 Å². The zero-order valence-electron chi connectivity index (χ0n) is 9.53. The van der Waals surface area contributed by atoms with Crippen molar-refractivity contribution >= 4 is 17.9 Å². The molecule has 6 heteroatoms. The number of urea groups is 1. The lowest BCUT2D eigenvalue weighted by molar-refractivity contribution is -0.305. The van der Waals surface area contributed by atoms with Gasteiger partial charge in [-0.3, -0.25) is 9.69 Å². The molecule has 17 heavy (non-hydrogen) atoms. The molecular formula is C11H15N2O4-. The third-order valence-electron chi connectivity index (χ3n) is 3.49. The number of rotatable bonds is 3. The molecule has 0 bridgehead atoms. The van der Waals surface area contributed by atoms with Crippen LogP contribution >= 0.6 is 0 Å². The van der Waals surface area contributed by atoms with Gasteiger partial charge in [-0.05, 0) is 12.8 Å². The van der Waals surface area contributed by atoms with E-state index in [0.29, 0.717) is 12.8 Å². The van der Waals surface area contributed by atoms with Crippen LogP contribution in [0.2, 0.25) is 0 Å². The fraction of sp³-hybridized carbons (Fsp3) is 0.727. The Balaban J connectivity index is 2.07. The Bertz CT molecular complexity index is 360. The molecule has 0 aromatic heterocycles. The number of amides is 3. The summed E-state index contributed by atoms with van der Waals surface area (Å²) in [4.78, 5) is 35.1. The molecule has 0 aromatic carbocycles. The van der Waals surface area contributed by atoms with Crippen molar-refractivity contribution in [2.75, 3.05) is 6.54 Å². The summed E-state index contributed by atoms with van der Waals surface area (Å²) >= 11 is 0. The second-order valence-corrected chi connectivity index (χ2v) is 4.65. The largest absolute Gasteiger partial charge is 0.550 e. The molecular weight excluding hydrogens is 224 g/mol. The van der Waals surface area contributed by atoms with Crippen LogP contribution in [-0.4, -0.2) is 34.9 Å². The number of aliphatic carboxylic acids is 1. The third-order valence-corrected chi connectivity index (χ3v) is 3.49. The monoisotopic (exact) mass is 239 g/mol. The Morgan fingerprint density at radius 3 is 2.53 bits per heavy atom. The van der Waals surface area contributed by atoms with Gasteiger partial charge >= 0.3 is 6.03 Å². The molecule has 2 fully saturated rings. The maximum absolute atomic E-state index is 12.1. The summed E-state index contributed by atoms with van der Waals surface area (Å²) in [6, 6.07) is -0.474. The molecule has 2 rings (SSSR count). The molecule has 0 atom stereocenters. The predicted molar refractivity (Wildman–Crippen MR) is 55.7 cm³/mol. The number of carboxylic acids is 1. The van der Waals surface area contributed by atoms with Crippen molar-refractivity contribution in [2.45, 2.75) is 44.1 Å². The summed E-state index contributed by atoms with van der Waals surface area (Å²) in [7, 11) is 0. The van der Waals surface area contributed by atoms with Crippen LogP contribution < -0.4 is 10.4 Å². The first-order valence-corrected chi connectivity index (χ1v) is 5.89. The number of hydrogen-bond donors (Lipinski definition) is 1. The van der Waals surface area contributed by atoms with E-state index >= 15 is 0 Å². The first kappa shape index (κ1) is 11.9. The lowest BCUT2D eigenvalue weighted by atomic mass is 9.82. The van der Waals surface area contributed by atoms with Gasteiger partial charge in [-0.15, -0.1) is 0 Å². The van der Waals surface area contributed by atoms with Gasteiger partial charge in [0.25, 0.3) is 5.91 Å². The lowest BCUT2D eigenvalue weighted by Gasteiger charge is -2.30. The molecule has 1 heterocycles. The molecule has 0 aromatic rings. The number of carboxylic acid groups (broad SMARTS) is 1. The standard InChI is InChI=1S/C11H16N2O4/c14-8(15)4-7-13-9(16)11(12-10(13)17)5-2-1-3-6-11/h1-7H2,(H,12,17)(H,14,15)/p-1. The van der Waals surface area contributed by atoms with Crippen LogP contribution in [0, 0.1) is 0 Å². The molecule has 0 unspecified atom stereocenters. The summed E-state index contributed by atoms with van der Waals surface area (Å²) in [6.07, 6.45) is 3.90. The van der Waals surface area contributed by atoms with Crippen molar-refractivity contribution in [1.29, 1.82) is 0 Å². The van der Waals surface area contributed by atoms with Crippen LogP contribution in [0.5, 0.6) is 0 Å². The summed E-state index contributed by atoms with van der Waals surface area (Å²) in [5, 5.41) is 13.1. The van der Waals surface area contributed by atoms with Crippen molar-refractivity contribution in [3.8, 4) is 0 Å². The van der Waals surface area contributed by atoms with Crippen LogP contribution in [0.15, 0.2) is 0 Å². The third kappa shape index (κ3) is 2.11. The van der Waals surface area contributed by atoms with Gasteiger partial charge in [0.05, 0.1) is 0 Å². The van der Waals surface area contributed by atoms with Gasteiger partial charge in [0.2, 0.25) is 0 Å². The number of hydrogen-bond acceptors (Lipinski definition) is 4. The lowest BCUT2D eigenvalue weighted by Crippen LogP contribution is -2.48. The SMILES string of the molecule is O=C([O-])CCN1C(=O)NC2(CCCCC2)C1=O. The summed E-state index contributed by atoms with van der Waals surface area (Å²) in [5.41, 5.74) is -0.763. The summed E-state index contributed by atoms with van der Waals surface area (Å²) in [6.45, 7) is -0.102. The van der Waals surface area contributed by atoms with Crippen molar-refractivity contribution in [3.63, 3.8) is 0 Å². The minimum atomic E-state index is -1.25. The number of carbonyl (C=O) groups excluding carboxylic acids is 3. The quantitative estimate of drug-likeness (QED) is 0.665. The molecule has 6 nitrogen and oxygen atoms in total. The summed E-state index contributed by atoms with van der Waals surface area (Å²) in [5.74, 6) is -1.53. The van der Waals surface area contributed by atoms with E-state index in [2.05, 4.69) is 5.32 Å². The minimum Gasteiger partial charge on any atom is -0.550 e. The smallest absolute Gasteiger partial charge is 0.325 e. The zero-order valence-corrected chi connectivity index (χ0v) is 9.53. The molecule has 2 aliphatic rings. The van der Waals surface area contributed by atoms with Gasteiger partial charge in [0.1, 0.15) is 5.54 Å². The van der Waals surface area contributed by atoms with E-state index in [-0.39, 0.29) is 18.9 Å². The van der Waals surface area contributed by atoms with Crippen molar-refractivity contribution in [2.24, 2.45) is 0 Å². The molecule has 1 spiro atoms. The van der Waals surface area contributed by atoms with Crippen molar-refractivity contribution < 1.29 is 19.5 Å². The molecule has 94 valence electrons. The van der Waals surface area contributed by atoms with Gasteiger partial charge in [0.15, 0.2) is 0 Å². The van der Waals surface area contributed by atoms with Gasteiger partial charge in [-0.2, -0.15) is 0 Å². The fourth-order valence-corrected chi connectivity index (χ4v) is 2.58. The molecule has 1 N–H and O–H groups in total. The van der Waals surface area contributed by atoms with E-state index in [4.69, 9.17) is 0 Å². The van der Waals surface area contributed by atoms with E-state index in [0.717, 1.165) is 24.2 Å². The Hall–Kier alpha value is -1.59. The summed E-state index contributed by atoms with van der Waals surface area (Å²) < 4.78 is 0. The van der Waals surface area contributed by atoms with Gasteiger partial charge in [-0.25, -0.2) is 4.79 Å². The van der Waals surface area contributed by atoms with Crippen LogP contribution in [0.25, 0.3) is 0 Å². The first-order chi connectivity index (χ1) is 8.05. The highest BCUT2D eigenvalue weighted by Gasteiger charge is 2.50. The van der Waals surface area contributed by atoms with Gasteiger partial charge in [-0.1, -0.05) is 19.3 Å². The van der Waals surface area contributed by atoms with E-state index in [9.17, 15) is 19.5 Å². The Labute approximate surface area is 99.0 Å². The number of carbonyl (C=O) groups is 3. The van der Waals surface area contributed by atoms with Crippen LogP contribution in [-0.2, 0) is 9.59 Å². The molecule has 0 radical (unpaired) electrons. The molecule has 1 aliphatic carbocycles.